The molecule has 0 unspecified atom stereocenters. The van der Waals surface area contributed by atoms with Crippen LogP contribution in [-0.4, -0.2) is 0 Å². The third kappa shape index (κ3) is 3.31. The molecule has 0 N–H and O–H groups in total. The van der Waals surface area contributed by atoms with E-state index in [9.17, 15) is 4.39 Å². The van der Waals surface area contributed by atoms with Gasteiger partial charge >= 0.3 is 0 Å². The maximum Gasteiger partial charge on any atom is 0.137 e. The molecule has 0 aliphatic carbocycles. The zero-order valence-electron chi connectivity index (χ0n) is 5.62. The van der Waals surface area contributed by atoms with Gasteiger partial charge < -0.3 is 0 Å². The summed E-state index contributed by atoms with van der Waals surface area (Å²) in [6.45, 7) is 3.56. The van der Waals surface area contributed by atoms with Gasteiger partial charge in [-0.15, -0.1) is 0 Å². The van der Waals surface area contributed by atoms with Crippen molar-refractivity contribution in [2.45, 2.75) is 20.3 Å². The third-order valence-electron chi connectivity index (χ3n) is 0.865. The summed E-state index contributed by atoms with van der Waals surface area (Å²) in [5.41, 5.74) is 0. The summed E-state index contributed by atoms with van der Waals surface area (Å²) in [6.07, 6.45) is 3.65. The van der Waals surface area contributed by atoms with Crippen LogP contribution in [0.25, 0.3) is 0 Å². The van der Waals surface area contributed by atoms with Crippen molar-refractivity contribution in [3.8, 4) is 0 Å². The Balaban J connectivity index is 4.03. The Hall–Kier alpha value is -0.300. The molecule has 0 aromatic carbocycles. The number of rotatable bonds is 2. The van der Waals surface area contributed by atoms with Crippen molar-refractivity contribution in [2.75, 3.05) is 0 Å². The van der Waals surface area contributed by atoms with E-state index in [0.29, 0.717) is 6.42 Å². The van der Waals surface area contributed by atoms with Crippen molar-refractivity contribution in [1.29, 1.82) is 0 Å². The second kappa shape index (κ2) is 4.57. The first-order valence-corrected chi connectivity index (χ1v) is 3.28. The van der Waals surface area contributed by atoms with E-state index in [0.717, 1.165) is 0 Å². The fraction of sp³-hybridized carbons (Fsp3) is 0.429. The van der Waals surface area contributed by atoms with Crippen LogP contribution in [0.3, 0.4) is 0 Å². The van der Waals surface area contributed by atoms with E-state index in [1.807, 2.05) is 6.92 Å². The molecule has 0 rings (SSSR count). The molecular weight excluding hydrogens is 139 g/mol. The summed E-state index contributed by atoms with van der Waals surface area (Å²) in [5, 5.41) is 0.192. The van der Waals surface area contributed by atoms with Crippen LogP contribution in [0, 0.1) is 0 Å². The molecule has 9 heavy (non-hydrogen) atoms. The number of hydrogen-bond donors (Lipinski definition) is 0. The van der Waals surface area contributed by atoms with Crippen molar-refractivity contribution >= 4 is 11.6 Å². The van der Waals surface area contributed by atoms with Gasteiger partial charge in [-0.1, -0.05) is 24.6 Å². The highest BCUT2D eigenvalue weighted by Gasteiger charge is 1.95. The summed E-state index contributed by atoms with van der Waals surface area (Å²) in [5.74, 6) is -0.332. The minimum atomic E-state index is -0.332. The Morgan fingerprint density at radius 1 is 1.67 bits per heavy atom. The van der Waals surface area contributed by atoms with Crippen molar-refractivity contribution in [3.05, 3.63) is 23.0 Å². The lowest BCUT2D eigenvalue weighted by molar-refractivity contribution is 0.656. The predicted octanol–water partition coefficient (Wildman–Crippen LogP) is 3.39. The van der Waals surface area contributed by atoms with Crippen LogP contribution in [0.5, 0.6) is 0 Å². The lowest BCUT2D eigenvalue weighted by atomic mass is 10.3. The molecule has 0 aromatic rings. The largest absolute Gasteiger partial charge is 0.206 e. The standard InChI is InChI=1S/C7H10ClF/c1-3-5-7(9)6(8)4-2/h4-5H,3H2,1-2H3/b6-4+,7-5+. The monoisotopic (exact) mass is 148 g/mol. The highest BCUT2D eigenvalue weighted by molar-refractivity contribution is 6.31. The van der Waals surface area contributed by atoms with Gasteiger partial charge in [-0.3, -0.25) is 0 Å². The Morgan fingerprint density at radius 3 is 2.56 bits per heavy atom. The number of allylic oxidation sites excluding steroid dienone is 4. The quantitative estimate of drug-likeness (QED) is 0.527. The molecule has 0 saturated heterocycles. The molecular formula is C7H10ClF. The SMILES string of the molecule is C/C=C(Cl)\C(F)=C/CC. The topological polar surface area (TPSA) is 0 Å². The predicted molar refractivity (Wildman–Crippen MR) is 39.1 cm³/mol. The molecule has 0 atom stereocenters. The smallest absolute Gasteiger partial charge is 0.137 e. The van der Waals surface area contributed by atoms with Gasteiger partial charge in [0.25, 0.3) is 0 Å². The van der Waals surface area contributed by atoms with Crippen molar-refractivity contribution < 1.29 is 4.39 Å². The summed E-state index contributed by atoms with van der Waals surface area (Å²) >= 11 is 5.41. The summed E-state index contributed by atoms with van der Waals surface area (Å²) in [4.78, 5) is 0. The second-order valence-electron chi connectivity index (χ2n) is 1.60. The van der Waals surface area contributed by atoms with E-state index >= 15 is 0 Å². The fourth-order valence-electron chi connectivity index (χ4n) is 0.415. The van der Waals surface area contributed by atoms with Gasteiger partial charge in [0, 0.05) is 0 Å². The highest BCUT2D eigenvalue weighted by atomic mass is 35.5. The minimum Gasteiger partial charge on any atom is -0.206 e. The van der Waals surface area contributed by atoms with E-state index in [-0.39, 0.29) is 10.9 Å². The third-order valence-corrected chi connectivity index (χ3v) is 1.26. The van der Waals surface area contributed by atoms with E-state index in [2.05, 4.69) is 0 Å². The molecule has 0 fully saturated rings. The second-order valence-corrected chi connectivity index (χ2v) is 2.00. The van der Waals surface area contributed by atoms with Crippen molar-refractivity contribution in [1.82, 2.24) is 0 Å². The van der Waals surface area contributed by atoms with Crippen molar-refractivity contribution in [2.24, 2.45) is 0 Å². The average molecular weight is 149 g/mol. The van der Waals surface area contributed by atoms with Gasteiger partial charge in [-0.2, -0.15) is 0 Å². The molecule has 0 heterocycles. The Morgan fingerprint density at radius 2 is 2.22 bits per heavy atom. The van der Waals surface area contributed by atoms with Crippen LogP contribution < -0.4 is 0 Å². The average Bonchev–Trinajstić information content (AvgIpc) is 1.87. The van der Waals surface area contributed by atoms with Crippen LogP contribution in [0.1, 0.15) is 20.3 Å². The lowest BCUT2D eigenvalue weighted by Crippen LogP contribution is -1.71. The highest BCUT2D eigenvalue weighted by Crippen LogP contribution is 2.15. The summed E-state index contributed by atoms with van der Waals surface area (Å²) in [6, 6.07) is 0. The van der Waals surface area contributed by atoms with Gasteiger partial charge in [0.05, 0.1) is 5.03 Å². The zero-order chi connectivity index (χ0) is 7.28. The molecule has 0 saturated carbocycles. The van der Waals surface area contributed by atoms with Gasteiger partial charge in [-0.25, -0.2) is 4.39 Å². The van der Waals surface area contributed by atoms with Crippen LogP contribution in [-0.2, 0) is 0 Å². The number of halogens is 2. The molecule has 0 radical (unpaired) electrons. The van der Waals surface area contributed by atoms with Gasteiger partial charge in [0.2, 0.25) is 0 Å². The van der Waals surface area contributed by atoms with Crippen LogP contribution >= 0.6 is 11.6 Å². The fourth-order valence-corrected chi connectivity index (χ4v) is 0.492. The van der Waals surface area contributed by atoms with Crippen LogP contribution in [0.15, 0.2) is 23.0 Å². The molecule has 0 bridgehead atoms. The van der Waals surface area contributed by atoms with Crippen molar-refractivity contribution in [3.63, 3.8) is 0 Å². The molecule has 0 aromatic heterocycles. The molecule has 0 nitrogen and oxygen atoms in total. The zero-order valence-corrected chi connectivity index (χ0v) is 6.37. The normalized spacial score (nSPS) is 14.2. The van der Waals surface area contributed by atoms with Gasteiger partial charge in [0.1, 0.15) is 5.83 Å². The summed E-state index contributed by atoms with van der Waals surface area (Å²) < 4.78 is 12.5. The Bertz CT molecular complexity index is 136. The molecule has 0 aliphatic heterocycles. The van der Waals surface area contributed by atoms with Gasteiger partial charge in [0.15, 0.2) is 0 Å². The van der Waals surface area contributed by atoms with Crippen LogP contribution in [0.2, 0.25) is 0 Å². The molecule has 2 heteroatoms. The van der Waals surface area contributed by atoms with E-state index in [4.69, 9.17) is 11.6 Å². The van der Waals surface area contributed by atoms with Crippen LogP contribution in [0.4, 0.5) is 4.39 Å². The Kier molecular flexibility index (Phi) is 4.41. The molecule has 52 valence electrons. The Labute approximate surface area is 60.0 Å². The first-order valence-electron chi connectivity index (χ1n) is 2.90. The summed E-state index contributed by atoms with van der Waals surface area (Å²) in [7, 11) is 0. The molecule has 0 aliphatic rings. The molecule has 0 amide bonds. The maximum atomic E-state index is 12.5. The first-order chi connectivity index (χ1) is 4.22. The maximum absolute atomic E-state index is 12.5. The molecule has 0 spiro atoms. The minimum absolute atomic E-state index is 0.192. The first kappa shape index (κ1) is 8.70. The lowest BCUT2D eigenvalue weighted by Gasteiger charge is -1.89. The number of hydrogen-bond acceptors (Lipinski definition) is 0. The van der Waals surface area contributed by atoms with E-state index in [1.165, 1.54) is 12.2 Å². The van der Waals surface area contributed by atoms with Gasteiger partial charge in [-0.05, 0) is 19.4 Å². The van der Waals surface area contributed by atoms with E-state index in [1.54, 1.807) is 6.92 Å². The van der Waals surface area contributed by atoms with E-state index < -0.39 is 0 Å².